The smallest absolute Gasteiger partial charge is 0.273 e. The standard InChI is InChI=1S/C22H22N6O3/c1-14-11-16(13-23-25-22-24-18-7-5-6-8-19(18)26(22)3)15(2)27(14)20-10-9-17(28(29)30)12-21(20)31-4/h5-13H,1-4H3,(H,24,25)/b23-13-. The summed E-state index contributed by atoms with van der Waals surface area (Å²) in [5.74, 6) is 1.07. The zero-order valence-electron chi connectivity index (χ0n) is 17.7. The number of non-ortho nitro benzene ring substituents is 1. The molecule has 0 unspecified atom stereocenters. The molecular formula is C22H22N6O3. The van der Waals surface area contributed by atoms with E-state index >= 15 is 0 Å². The molecule has 2 heterocycles. The van der Waals surface area contributed by atoms with Crippen LogP contribution in [-0.2, 0) is 7.05 Å². The second-order valence-electron chi connectivity index (χ2n) is 7.13. The zero-order valence-corrected chi connectivity index (χ0v) is 17.7. The highest BCUT2D eigenvalue weighted by molar-refractivity contribution is 5.83. The van der Waals surface area contributed by atoms with Crippen molar-refractivity contribution in [2.24, 2.45) is 12.1 Å². The lowest BCUT2D eigenvalue weighted by atomic mass is 10.2. The van der Waals surface area contributed by atoms with E-state index < -0.39 is 4.92 Å². The largest absolute Gasteiger partial charge is 0.494 e. The van der Waals surface area contributed by atoms with Crippen LogP contribution in [0.2, 0.25) is 0 Å². The van der Waals surface area contributed by atoms with E-state index in [0.717, 1.165) is 33.7 Å². The van der Waals surface area contributed by atoms with Crippen molar-refractivity contribution in [1.29, 1.82) is 0 Å². The maximum atomic E-state index is 11.1. The molecule has 0 amide bonds. The van der Waals surface area contributed by atoms with E-state index in [2.05, 4.69) is 15.5 Å². The number of methoxy groups -OCH3 is 1. The Kier molecular flexibility index (Phi) is 5.16. The molecule has 4 aromatic rings. The van der Waals surface area contributed by atoms with Gasteiger partial charge in [0.25, 0.3) is 5.69 Å². The maximum Gasteiger partial charge on any atom is 0.273 e. The third-order valence-electron chi connectivity index (χ3n) is 5.24. The summed E-state index contributed by atoms with van der Waals surface area (Å²) in [5.41, 5.74) is 8.41. The van der Waals surface area contributed by atoms with Crippen molar-refractivity contribution in [3.63, 3.8) is 0 Å². The van der Waals surface area contributed by atoms with Gasteiger partial charge in [0.15, 0.2) is 0 Å². The number of imidazole rings is 1. The van der Waals surface area contributed by atoms with Crippen LogP contribution in [0.15, 0.2) is 53.6 Å². The number of hydrogen-bond donors (Lipinski definition) is 1. The SMILES string of the molecule is COc1cc([N+](=O)[O-])ccc1-n1c(C)cc(/C=N\Nc2nc3ccccc3n2C)c1C. The average Bonchev–Trinajstić information content (AvgIpc) is 3.23. The van der Waals surface area contributed by atoms with Gasteiger partial charge in [-0.1, -0.05) is 12.1 Å². The lowest BCUT2D eigenvalue weighted by molar-refractivity contribution is -0.384. The van der Waals surface area contributed by atoms with Crippen LogP contribution in [0.25, 0.3) is 16.7 Å². The molecule has 0 aliphatic heterocycles. The van der Waals surface area contributed by atoms with Crippen LogP contribution in [-0.4, -0.2) is 32.4 Å². The number of hydrogen-bond acceptors (Lipinski definition) is 6. The van der Waals surface area contributed by atoms with Gasteiger partial charge in [0.05, 0.1) is 41.0 Å². The number of benzene rings is 2. The van der Waals surface area contributed by atoms with Crippen molar-refractivity contribution in [2.75, 3.05) is 12.5 Å². The fourth-order valence-electron chi connectivity index (χ4n) is 3.66. The molecule has 0 spiro atoms. The number of hydrazone groups is 1. The van der Waals surface area contributed by atoms with E-state index in [-0.39, 0.29) is 5.69 Å². The summed E-state index contributed by atoms with van der Waals surface area (Å²) < 4.78 is 9.34. The summed E-state index contributed by atoms with van der Waals surface area (Å²) in [7, 11) is 3.43. The predicted molar refractivity (Wildman–Crippen MR) is 120 cm³/mol. The lowest BCUT2D eigenvalue weighted by Crippen LogP contribution is -2.03. The third kappa shape index (κ3) is 3.61. The van der Waals surface area contributed by atoms with E-state index in [1.165, 1.54) is 19.2 Å². The average molecular weight is 418 g/mol. The number of nitro benzene ring substituents is 1. The van der Waals surface area contributed by atoms with Gasteiger partial charge in [0, 0.05) is 30.1 Å². The van der Waals surface area contributed by atoms with Crippen molar-refractivity contribution < 1.29 is 9.66 Å². The lowest BCUT2D eigenvalue weighted by Gasteiger charge is -2.13. The summed E-state index contributed by atoms with van der Waals surface area (Å²) >= 11 is 0. The first-order chi connectivity index (χ1) is 14.9. The molecule has 9 nitrogen and oxygen atoms in total. The molecule has 0 aliphatic rings. The van der Waals surface area contributed by atoms with Gasteiger partial charge in [-0.25, -0.2) is 10.4 Å². The van der Waals surface area contributed by atoms with E-state index in [4.69, 9.17) is 4.74 Å². The summed E-state index contributed by atoms with van der Waals surface area (Å²) in [5, 5.41) is 15.4. The second kappa shape index (κ2) is 7.94. The Morgan fingerprint density at radius 2 is 1.97 bits per heavy atom. The molecule has 158 valence electrons. The number of fused-ring (bicyclic) bond motifs is 1. The van der Waals surface area contributed by atoms with Crippen LogP contribution >= 0.6 is 0 Å². The molecule has 2 aromatic heterocycles. The van der Waals surface area contributed by atoms with Gasteiger partial charge in [0.2, 0.25) is 5.95 Å². The van der Waals surface area contributed by atoms with Crippen molar-refractivity contribution in [2.45, 2.75) is 13.8 Å². The fraction of sp³-hybridized carbons (Fsp3) is 0.182. The first-order valence-corrected chi connectivity index (χ1v) is 9.63. The van der Waals surface area contributed by atoms with Crippen LogP contribution in [0.1, 0.15) is 17.0 Å². The Hall–Kier alpha value is -4.14. The van der Waals surface area contributed by atoms with Crippen LogP contribution in [0.3, 0.4) is 0 Å². The Balaban J connectivity index is 1.64. The van der Waals surface area contributed by atoms with Gasteiger partial charge in [-0.2, -0.15) is 5.10 Å². The van der Waals surface area contributed by atoms with Gasteiger partial charge < -0.3 is 13.9 Å². The minimum Gasteiger partial charge on any atom is -0.494 e. The van der Waals surface area contributed by atoms with Crippen molar-refractivity contribution in [3.05, 3.63) is 75.6 Å². The summed E-state index contributed by atoms with van der Waals surface area (Å²) in [4.78, 5) is 15.2. The Morgan fingerprint density at radius 3 is 2.68 bits per heavy atom. The van der Waals surface area contributed by atoms with Gasteiger partial charge >= 0.3 is 0 Å². The molecular weight excluding hydrogens is 396 g/mol. The van der Waals surface area contributed by atoms with Crippen LogP contribution in [0, 0.1) is 24.0 Å². The number of anilines is 1. The quantitative estimate of drug-likeness (QED) is 0.285. The maximum absolute atomic E-state index is 11.1. The van der Waals surface area contributed by atoms with Gasteiger partial charge in [-0.3, -0.25) is 10.1 Å². The molecule has 0 bridgehead atoms. The number of ether oxygens (including phenoxy) is 1. The van der Waals surface area contributed by atoms with E-state index in [1.807, 2.05) is 60.4 Å². The first kappa shape index (κ1) is 20.1. The highest BCUT2D eigenvalue weighted by Crippen LogP contribution is 2.31. The number of nitrogens with one attached hydrogen (secondary N) is 1. The normalized spacial score (nSPS) is 11.4. The minimum atomic E-state index is -0.438. The first-order valence-electron chi connectivity index (χ1n) is 9.63. The number of nitro groups is 1. The molecule has 0 fully saturated rings. The highest BCUT2D eigenvalue weighted by Gasteiger charge is 2.17. The molecule has 1 N–H and O–H groups in total. The van der Waals surface area contributed by atoms with Crippen LogP contribution < -0.4 is 10.2 Å². The molecule has 2 aromatic carbocycles. The summed E-state index contributed by atoms with van der Waals surface area (Å²) in [6, 6.07) is 14.5. The highest BCUT2D eigenvalue weighted by atomic mass is 16.6. The Morgan fingerprint density at radius 1 is 1.19 bits per heavy atom. The molecule has 0 aliphatic carbocycles. The fourth-order valence-corrected chi connectivity index (χ4v) is 3.66. The molecule has 0 saturated heterocycles. The van der Waals surface area contributed by atoms with E-state index in [1.54, 1.807) is 12.3 Å². The van der Waals surface area contributed by atoms with Gasteiger partial charge in [-0.15, -0.1) is 0 Å². The number of nitrogens with zero attached hydrogens (tertiary/aromatic N) is 5. The molecule has 9 heteroatoms. The Labute approximate surface area is 178 Å². The van der Waals surface area contributed by atoms with Gasteiger partial charge in [0.1, 0.15) is 5.75 Å². The van der Waals surface area contributed by atoms with Crippen molar-refractivity contribution in [1.82, 2.24) is 14.1 Å². The molecule has 0 atom stereocenters. The third-order valence-corrected chi connectivity index (χ3v) is 5.24. The summed E-state index contributed by atoms with van der Waals surface area (Å²) in [6.45, 7) is 3.92. The second-order valence-corrected chi connectivity index (χ2v) is 7.13. The molecule has 0 saturated carbocycles. The van der Waals surface area contributed by atoms with Gasteiger partial charge in [-0.05, 0) is 38.1 Å². The number of aromatic nitrogens is 3. The predicted octanol–water partition coefficient (Wildman–Crippen LogP) is 4.34. The summed E-state index contributed by atoms with van der Waals surface area (Å²) in [6.07, 6.45) is 1.73. The van der Waals surface area contributed by atoms with Crippen LogP contribution in [0.5, 0.6) is 5.75 Å². The Bertz CT molecular complexity index is 1320. The van der Waals surface area contributed by atoms with E-state index in [9.17, 15) is 10.1 Å². The molecule has 31 heavy (non-hydrogen) atoms. The van der Waals surface area contributed by atoms with Crippen molar-refractivity contribution >= 4 is 28.9 Å². The number of aryl methyl sites for hydroxylation is 2. The topological polar surface area (TPSA) is 99.5 Å². The molecule has 0 radical (unpaired) electrons. The number of rotatable bonds is 6. The number of para-hydroxylation sites is 2. The van der Waals surface area contributed by atoms with E-state index in [0.29, 0.717) is 11.7 Å². The monoisotopic (exact) mass is 418 g/mol. The molecule has 4 rings (SSSR count). The van der Waals surface area contributed by atoms with Crippen molar-refractivity contribution in [3.8, 4) is 11.4 Å². The van der Waals surface area contributed by atoms with Crippen LogP contribution in [0.4, 0.5) is 11.6 Å². The minimum absolute atomic E-state index is 0.0171. The zero-order chi connectivity index (χ0) is 22.1.